The van der Waals surface area contributed by atoms with Gasteiger partial charge >= 0.3 is 17.8 Å². The Bertz CT molecular complexity index is 1410. The lowest BCUT2D eigenvalue weighted by Crippen LogP contribution is -2.49. The number of thiophene rings is 4. The molecule has 0 aromatic carbocycles. The summed E-state index contributed by atoms with van der Waals surface area (Å²) in [6, 6.07) is 11.8. The van der Waals surface area contributed by atoms with Gasteiger partial charge in [-0.25, -0.2) is 0 Å². The number of hydrogen-bond acceptors (Lipinski definition) is 5. The minimum absolute atomic E-state index is 0.266. The Balaban J connectivity index is 1.75. The summed E-state index contributed by atoms with van der Waals surface area (Å²) in [5, 5.41) is 5.32. The van der Waals surface area contributed by atoms with Crippen LogP contribution in [0.1, 0.15) is 16.9 Å². The van der Waals surface area contributed by atoms with E-state index in [2.05, 4.69) is 0 Å². The van der Waals surface area contributed by atoms with Crippen molar-refractivity contribution in [3.63, 3.8) is 0 Å². The molecule has 1 aliphatic rings. The van der Waals surface area contributed by atoms with Crippen molar-refractivity contribution in [2.45, 2.75) is 24.2 Å². The summed E-state index contributed by atoms with van der Waals surface area (Å²) in [5.74, 6) is -15.6. The third-order valence-electron chi connectivity index (χ3n) is 5.77. The number of allylic oxidation sites excluding steroid dienone is 3. The molecule has 0 aliphatic heterocycles. The average molecular weight is 591 g/mol. The molecule has 36 heavy (non-hydrogen) atoms. The van der Waals surface area contributed by atoms with Crippen molar-refractivity contribution in [3.8, 4) is 19.5 Å². The van der Waals surface area contributed by atoms with E-state index in [1.54, 1.807) is 58.8 Å². The van der Waals surface area contributed by atoms with Crippen LogP contribution >= 0.6 is 57.1 Å². The Morgan fingerprint density at radius 1 is 0.833 bits per heavy atom. The molecule has 0 radical (unpaired) electrons. The fourth-order valence-corrected chi connectivity index (χ4v) is 8.49. The Labute approximate surface area is 223 Å². The molecular formula is C25H16F6S5. The van der Waals surface area contributed by atoms with Crippen LogP contribution in [0.4, 0.5) is 26.3 Å². The van der Waals surface area contributed by atoms with Crippen LogP contribution in [0.5, 0.6) is 0 Å². The lowest BCUT2D eigenvalue weighted by molar-refractivity contribution is -0.260. The van der Waals surface area contributed by atoms with Crippen molar-refractivity contribution >= 4 is 67.6 Å². The third-order valence-corrected chi connectivity index (χ3v) is 10.9. The predicted molar refractivity (Wildman–Crippen MR) is 143 cm³/mol. The second-order valence-corrected chi connectivity index (χ2v) is 12.6. The van der Waals surface area contributed by atoms with Gasteiger partial charge in [-0.2, -0.15) is 26.3 Å². The zero-order valence-corrected chi connectivity index (χ0v) is 22.4. The highest BCUT2D eigenvalue weighted by Crippen LogP contribution is 2.64. The van der Waals surface area contributed by atoms with Crippen LogP contribution in [-0.4, -0.2) is 24.0 Å². The Kier molecular flexibility index (Phi) is 6.82. The van der Waals surface area contributed by atoms with Gasteiger partial charge in [0.25, 0.3) is 0 Å². The zero-order valence-electron chi connectivity index (χ0n) is 18.4. The molecule has 0 bridgehead atoms. The van der Waals surface area contributed by atoms with Crippen molar-refractivity contribution in [2.24, 2.45) is 0 Å². The lowest BCUT2D eigenvalue weighted by atomic mass is 9.97. The van der Waals surface area contributed by atoms with Crippen LogP contribution in [0.2, 0.25) is 0 Å². The molecule has 0 amide bonds. The number of alkyl halides is 6. The molecule has 4 aromatic rings. The standard InChI is InChI=1S/C25H16F6S5/c1-32-16(17-5-2-10-33-17)9-8-15-21(24(28,29)25(30,31)23(15,26)27)14-13-20(18-6-3-11-34-18)36-22(14)19-7-4-12-35-19/h2-7,9-13H,8H2,1H3/b16-9-. The summed E-state index contributed by atoms with van der Waals surface area (Å²) in [6.07, 6.45) is 2.34. The molecule has 0 fully saturated rings. The third kappa shape index (κ3) is 4.03. The summed E-state index contributed by atoms with van der Waals surface area (Å²) in [7, 11) is 0. The van der Waals surface area contributed by atoms with Crippen molar-refractivity contribution in [1.29, 1.82) is 0 Å². The van der Waals surface area contributed by atoms with Gasteiger partial charge in [0.05, 0.1) is 4.88 Å². The van der Waals surface area contributed by atoms with E-state index in [0.29, 0.717) is 14.7 Å². The molecule has 0 nitrogen and oxygen atoms in total. The molecule has 0 saturated heterocycles. The largest absolute Gasteiger partial charge is 0.380 e. The van der Waals surface area contributed by atoms with Crippen LogP contribution in [0.15, 0.2) is 70.3 Å². The number of thioether (sulfide) groups is 1. The lowest BCUT2D eigenvalue weighted by Gasteiger charge is -2.25. The van der Waals surface area contributed by atoms with E-state index in [-0.39, 0.29) is 10.4 Å². The molecular weight excluding hydrogens is 575 g/mol. The van der Waals surface area contributed by atoms with Crippen molar-refractivity contribution in [3.05, 3.63) is 80.7 Å². The van der Waals surface area contributed by atoms with Crippen molar-refractivity contribution in [2.75, 3.05) is 6.26 Å². The number of hydrogen-bond donors (Lipinski definition) is 0. The molecule has 0 spiro atoms. The molecule has 5 rings (SSSR count). The van der Waals surface area contributed by atoms with Gasteiger partial charge in [-0.05, 0) is 53.1 Å². The number of rotatable bonds is 7. The van der Waals surface area contributed by atoms with E-state index in [0.717, 1.165) is 21.1 Å². The monoisotopic (exact) mass is 590 g/mol. The second-order valence-electron chi connectivity index (χ2n) is 7.84. The summed E-state index contributed by atoms with van der Waals surface area (Å²) >= 11 is 6.33. The van der Waals surface area contributed by atoms with Gasteiger partial charge in [-0.1, -0.05) is 24.3 Å². The SMILES string of the molecule is CS/C(=C\CC1=C(c2cc(-c3cccs3)sc2-c2cccs2)C(F)(F)C(F)(F)C1(F)F)c1cccs1. The molecule has 0 atom stereocenters. The second kappa shape index (κ2) is 9.50. The van der Waals surface area contributed by atoms with Crippen LogP contribution in [0.3, 0.4) is 0 Å². The van der Waals surface area contributed by atoms with Gasteiger partial charge in [0.15, 0.2) is 0 Å². The fraction of sp³-hybridized carbons (Fsp3) is 0.200. The highest BCUT2D eigenvalue weighted by molar-refractivity contribution is 8.07. The summed E-state index contributed by atoms with van der Waals surface area (Å²) in [4.78, 5) is 3.45. The first kappa shape index (κ1) is 25.8. The van der Waals surface area contributed by atoms with Crippen LogP contribution in [0.25, 0.3) is 30.0 Å². The Morgan fingerprint density at radius 2 is 1.47 bits per heavy atom. The van der Waals surface area contributed by atoms with Crippen LogP contribution in [-0.2, 0) is 0 Å². The maximum absolute atomic E-state index is 15.4. The summed E-state index contributed by atoms with van der Waals surface area (Å²) in [6.45, 7) is 0. The quantitative estimate of drug-likeness (QED) is 0.193. The van der Waals surface area contributed by atoms with Crippen molar-refractivity contribution in [1.82, 2.24) is 0 Å². The maximum atomic E-state index is 15.4. The topological polar surface area (TPSA) is 0 Å². The average Bonchev–Trinajstić information content (AvgIpc) is 3.64. The molecule has 4 heterocycles. The number of halogens is 6. The normalized spacial score (nSPS) is 18.8. The predicted octanol–water partition coefficient (Wildman–Crippen LogP) is 10.7. The van der Waals surface area contributed by atoms with E-state index >= 15 is 17.6 Å². The van der Waals surface area contributed by atoms with E-state index in [4.69, 9.17) is 0 Å². The summed E-state index contributed by atoms with van der Waals surface area (Å²) < 4.78 is 90.6. The highest BCUT2D eigenvalue weighted by atomic mass is 32.2. The smallest absolute Gasteiger partial charge is 0.194 e. The Hall–Kier alpha value is -1.79. The van der Waals surface area contributed by atoms with Gasteiger partial charge in [-0.15, -0.1) is 57.1 Å². The van der Waals surface area contributed by atoms with Crippen molar-refractivity contribution < 1.29 is 26.3 Å². The first-order chi connectivity index (χ1) is 17.1. The minimum Gasteiger partial charge on any atom is -0.194 e. The van der Waals surface area contributed by atoms with Gasteiger partial charge in [0.1, 0.15) is 0 Å². The van der Waals surface area contributed by atoms with Gasteiger partial charge < -0.3 is 0 Å². The van der Waals surface area contributed by atoms with Crippen LogP contribution in [0, 0.1) is 0 Å². The molecule has 11 heteroatoms. The zero-order chi connectivity index (χ0) is 25.7. The molecule has 188 valence electrons. The van der Waals surface area contributed by atoms with E-state index < -0.39 is 35.3 Å². The summed E-state index contributed by atoms with van der Waals surface area (Å²) in [5.41, 5.74) is -2.78. The molecule has 0 unspecified atom stereocenters. The maximum Gasteiger partial charge on any atom is 0.380 e. The van der Waals surface area contributed by atoms with E-state index in [1.165, 1.54) is 57.9 Å². The molecule has 0 N–H and O–H groups in total. The van der Waals surface area contributed by atoms with Gasteiger partial charge in [-0.3, -0.25) is 0 Å². The first-order valence-corrected chi connectivity index (χ1v) is 15.1. The van der Waals surface area contributed by atoms with Gasteiger partial charge in [0, 0.05) is 41.1 Å². The molecule has 4 aromatic heterocycles. The highest BCUT2D eigenvalue weighted by Gasteiger charge is 2.79. The minimum atomic E-state index is -5.56. The fourth-order valence-electron chi connectivity index (χ4n) is 4.06. The van der Waals surface area contributed by atoms with Crippen LogP contribution < -0.4 is 0 Å². The molecule has 1 aliphatic carbocycles. The van der Waals surface area contributed by atoms with E-state index in [1.807, 2.05) is 0 Å². The Morgan fingerprint density at radius 3 is 2.06 bits per heavy atom. The van der Waals surface area contributed by atoms with E-state index in [9.17, 15) is 8.78 Å². The molecule has 0 saturated carbocycles. The van der Waals surface area contributed by atoms with Gasteiger partial charge in [0.2, 0.25) is 0 Å². The first-order valence-electron chi connectivity index (χ1n) is 10.5.